The molecular formula is C17H16BrN3OS. The Hall–Kier alpha value is -1.92. The maximum absolute atomic E-state index is 5.93. The molecule has 0 atom stereocenters. The minimum Gasteiger partial charge on any atom is -0.485 e. The summed E-state index contributed by atoms with van der Waals surface area (Å²) in [5, 5.41) is 6.11. The van der Waals surface area contributed by atoms with Crippen molar-refractivity contribution in [3.8, 4) is 5.75 Å². The Bertz CT molecular complexity index is 777. The molecule has 23 heavy (non-hydrogen) atoms. The molecule has 0 bridgehead atoms. The second kappa shape index (κ2) is 7.57. The molecule has 2 aromatic heterocycles. The maximum Gasteiger partial charge on any atom is 0.188 e. The van der Waals surface area contributed by atoms with E-state index < -0.39 is 0 Å². The number of pyridine rings is 1. The molecule has 118 valence electrons. The second-order valence-corrected chi connectivity index (χ2v) is 6.67. The average Bonchev–Trinajstić information content (AvgIpc) is 3.04. The number of benzene rings is 1. The van der Waals surface area contributed by atoms with Crippen LogP contribution in [0.25, 0.3) is 0 Å². The van der Waals surface area contributed by atoms with Crippen LogP contribution < -0.4 is 10.1 Å². The first-order valence-electron chi connectivity index (χ1n) is 7.28. The number of rotatable bonds is 6. The third-order valence-electron chi connectivity index (χ3n) is 3.20. The Kier molecular flexibility index (Phi) is 5.25. The van der Waals surface area contributed by atoms with Gasteiger partial charge in [0.05, 0.1) is 5.69 Å². The van der Waals surface area contributed by atoms with Gasteiger partial charge in [-0.3, -0.25) is 0 Å². The number of aromatic nitrogens is 2. The molecule has 3 rings (SSSR count). The predicted octanol–water partition coefficient (Wildman–Crippen LogP) is 5.19. The highest BCUT2D eigenvalue weighted by Gasteiger charge is 2.09. The molecule has 4 nitrogen and oxygen atoms in total. The van der Waals surface area contributed by atoms with Gasteiger partial charge in [0, 0.05) is 16.0 Å². The van der Waals surface area contributed by atoms with Gasteiger partial charge in [0.15, 0.2) is 16.7 Å². The van der Waals surface area contributed by atoms with E-state index in [2.05, 4.69) is 38.1 Å². The molecule has 3 aromatic rings. The number of hydrogen-bond donors (Lipinski definition) is 1. The van der Waals surface area contributed by atoms with E-state index in [4.69, 9.17) is 4.74 Å². The van der Waals surface area contributed by atoms with Crippen molar-refractivity contribution >= 4 is 38.2 Å². The summed E-state index contributed by atoms with van der Waals surface area (Å²) >= 11 is 5.01. The SMILES string of the molecule is CCc1csc(Nc2ncc(Br)cc2OCc2ccccc2)n1. The van der Waals surface area contributed by atoms with Crippen LogP contribution in [0.1, 0.15) is 18.2 Å². The number of ether oxygens (including phenoxy) is 1. The summed E-state index contributed by atoms with van der Waals surface area (Å²) < 4.78 is 6.81. The van der Waals surface area contributed by atoms with E-state index in [1.165, 1.54) is 0 Å². The molecular weight excluding hydrogens is 374 g/mol. The number of halogens is 1. The molecule has 0 radical (unpaired) electrons. The zero-order valence-corrected chi connectivity index (χ0v) is 15.0. The smallest absolute Gasteiger partial charge is 0.188 e. The molecule has 6 heteroatoms. The van der Waals surface area contributed by atoms with Crippen LogP contribution in [-0.2, 0) is 13.0 Å². The van der Waals surface area contributed by atoms with Crippen LogP contribution in [0.5, 0.6) is 5.75 Å². The van der Waals surface area contributed by atoms with Crippen LogP contribution in [0.4, 0.5) is 10.9 Å². The van der Waals surface area contributed by atoms with Gasteiger partial charge in [0.1, 0.15) is 6.61 Å². The third kappa shape index (κ3) is 4.30. The lowest BCUT2D eigenvalue weighted by Gasteiger charge is -2.11. The highest BCUT2D eigenvalue weighted by molar-refractivity contribution is 9.10. The van der Waals surface area contributed by atoms with E-state index in [-0.39, 0.29) is 0 Å². The summed E-state index contributed by atoms with van der Waals surface area (Å²) in [7, 11) is 0. The van der Waals surface area contributed by atoms with Crippen LogP contribution in [0.2, 0.25) is 0 Å². The summed E-state index contributed by atoms with van der Waals surface area (Å²) in [5.74, 6) is 1.36. The van der Waals surface area contributed by atoms with Gasteiger partial charge in [0.25, 0.3) is 0 Å². The van der Waals surface area contributed by atoms with Crippen LogP contribution in [-0.4, -0.2) is 9.97 Å². The molecule has 1 aromatic carbocycles. The van der Waals surface area contributed by atoms with Crippen molar-refractivity contribution in [2.24, 2.45) is 0 Å². The summed E-state index contributed by atoms with van der Waals surface area (Å²) in [6.45, 7) is 2.58. The first kappa shape index (κ1) is 16.0. The summed E-state index contributed by atoms with van der Waals surface area (Å²) in [6, 6.07) is 12.0. The van der Waals surface area contributed by atoms with Gasteiger partial charge < -0.3 is 10.1 Å². The molecule has 0 saturated carbocycles. The average molecular weight is 390 g/mol. The zero-order valence-electron chi connectivity index (χ0n) is 12.6. The van der Waals surface area contributed by atoms with Gasteiger partial charge in [0.2, 0.25) is 0 Å². The van der Waals surface area contributed by atoms with E-state index in [0.717, 1.165) is 27.3 Å². The molecule has 0 fully saturated rings. The molecule has 0 spiro atoms. The molecule has 0 aliphatic carbocycles. The summed E-state index contributed by atoms with van der Waals surface area (Å²) in [6.07, 6.45) is 2.66. The zero-order chi connectivity index (χ0) is 16.1. The van der Waals surface area contributed by atoms with Crippen molar-refractivity contribution in [2.75, 3.05) is 5.32 Å². The molecule has 0 amide bonds. The van der Waals surface area contributed by atoms with Crippen molar-refractivity contribution in [1.29, 1.82) is 0 Å². The second-order valence-electron chi connectivity index (χ2n) is 4.90. The minimum atomic E-state index is 0.492. The number of hydrogen-bond acceptors (Lipinski definition) is 5. The lowest BCUT2D eigenvalue weighted by atomic mass is 10.2. The van der Waals surface area contributed by atoms with Gasteiger partial charge in [-0.1, -0.05) is 37.3 Å². The minimum absolute atomic E-state index is 0.492. The van der Waals surface area contributed by atoms with Gasteiger partial charge in [-0.2, -0.15) is 0 Å². The fourth-order valence-electron chi connectivity index (χ4n) is 1.99. The standard InChI is InChI=1S/C17H16BrN3OS/c1-2-14-11-23-17(20-14)21-16-15(8-13(18)9-19-16)22-10-12-6-4-3-5-7-12/h3-9,11H,2,10H2,1H3,(H,19,20,21). The van der Waals surface area contributed by atoms with Crippen molar-refractivity contribution in [1.82, 2.24) is 9.97 Å². The highest BCUT2D eigenvalue weighted by Crippen LogP contribution is 2.30. The molecule has 0 unspecified atom stereocenters. The third-order valence-corrected chi connectivity index (χ3v) is 4.44. The number of anilines is 2. The Labute approximate surface area is 147 Å². The summed E-state index contributed by atoms with van der Waals surface area (Å²) in [5.41, 5.74) is 2.18. The topological polar surface area (TPSA) is 47.0 Å². The number of nitrogens with one attached hydrogen (secondary N) is 1. The fourth-order valence-corrected chi connectivity index (χ4v) is 3.09. The first-order chi connectivity index (χ1) is 11.2. The maximum atomic E-state index is 5.93. The van der Waals surface area contributed by atoms with Crippen molar-refractivity contribution in [2.45, 2.75) is 20.0 Å². The van der Waals surface area contributed by atoms with Crippen LogP contribution >= 0.6 is 27.3 Å². The molecule has 0 aliphatic rings. The van der Waals surface area contributed by atoms with E-state index >= 15 is 0 Å². The van der Waals surface area contributed by atoms with E-state index in [1.807, 2.05) is 41.8 Å². The largest absolute Gasteiger partial charge is 0.485 e. The Morgan fingerprint density at radius 3 is 2.83 bits per heavy atom. The van der Waals surface area contributed by atoms with Gasteiger partial charge in [-0.05, 0) is 34.0 Å². The fraction of sp³-hybridized carbons (Fsp3) is 0.176. The lowest BCUT2D eigenvalue weighted by molar-refractivity contribution is 0.306. The highest BCUT2D eigenvalue weighted by atomic mass is 79.9. The van der Waals surface area contributed by atoms with Gasteiger partial charge in [-0.15, -0.1) is 11.3 Å². The number of aryl methyl sites for hydroxylation is 1. The van der Waals surface area contributed by atoms with Crippen LogP contribution in [0.15, 0.2) is 52.4 Å². The van der Waals surface area contributed by atoms with Crippen LogP contribution in [0.3, 0.4) is 0 Å². The molecule has 1 N–H and O–H groups in total. The number of nitrogens with zero attached hydrogens (tertiary/aromatic N) is 2. The van der Waals surface area contributed by atoms with Crippen molar-refractivity contribution in [3.05, 3.63) is 63.7 Å². The first-order valence-corrected chi connectivity index (χ1v) is 8.95. The molecule has 0 saturated heterocycles. The summed E-state index contributed by atoms with van der Waals surface area (Å²) in [4.78, 5) is 8.91. The lowest BCUT2D eigenvalue weighted by Crippen LogP contribution is -2.01. The normalized spacial score (nSPS) is 10.5. The van der Waals surface area contributed by atoms with Crippen molar-refractivity contribution in [3.63, 3.8) is 0 Å². The van der Waals surface area contributed by atoms with Gasteiger partial charge in [-0.25, -0.2) is 9.97 Å². The quantitative estimate of drug-likeness (QED) is 0.630. The monoisotopic (exact) mass is 389 g/mol. The van der Waals surface area contributed by atoms with E-state index in [1.54, 1.807) is 17.5 Å². The Morgan fingerprint density at radius 2 is 2.09 bits per heavy atom. The predicted molar refractivity (Wildman–Crippen MR) is 97.5 cm³/mol. The van der Waals surface area contributed by atoms with E-state index in [0.29, 0.717) is 18.2 Å². The molecule has 2 heterocycles. The Balaban J connectivity index is 1.77. The number of thiazole rings is 1. The Morgan fingerprint density at radius 1 is 1.26 bits per heavy atom. The van der Waals surface area contributed by atoms with E-state index in [9.17, 15) is 0 Å². The van der Waals surface area contributed by atoms with Gasteiger partial charge >= 0.3 is 0 Å². The van der Waals surface area contributed by atoms with Crippen LogP contribution in [0, 0.1) is 0 Å². The van der Waals surface area contributed by atoms with Crippen molar-refractivity contribution < 1.29 is 4.74 Å². The molecule has 0 aliphatic heterocycles.